The Hall–Kier alpha value is -2.50. The van der Waals surface area contributed by atoms with E-state index in [2.05, 4.69) is 22.4 Å². The van der Waals surface area contributed by atoms with E-state index in [-0.39, 0.29) is 11.7 Å². The predicted octanol–water partition coefficient (Wildman–Crippen LogP) is 3.23. The molecule has 0 bridgehead atoms. The van der Waals surface area contributed by atoms with Crippen molar-refractivity contribution >= 4 is 17.4 Å². The van der Waals surface area contributed by atoms with E-state index in [1.54, 1.807) is 36.2 Å². The third kappa shape index (κ3) is 4.25. The molecule has 0 spiro atoms. The second kappa shape index (κ2) is 7.49. The topological polar surface area (TPSA) is 58.1 Å². The fourth-order valence-corrected chi connectivity index (χ4v) is 1.92. The second-order valence-corrected chi connectivity index (χ2v) is 5.02. The van der Waals surface area contributed by atoms with Crippen molar-refractivity contribution in [1.82, 2.24) is 15.1 Å². The van der Waals surface area contributed by atoms with Gasteiger partial charge in [-0.15, -0.1) is 10.2 Å². The second-order valence-electron chi connectivity index (χ2n) is 5.02. The van der Waals surface area contributed by atoms with E-state index in [4.69, 9.17) is 0 Å². The first-order valence-electron chi connectivity index (χ1n) is 7.22. The Labute approximate surface area is 129 Å². The quantitative estimate of drug-likeness (QED) is 0.890. The van der Waals surface area contributed by atoms with Crippen molar-refractivity contribution in [3.05, 3.63) is 47.9 Å². The Balaban J connectivity index is 2.02. The van der Waals surface area contributed by atoms with Crippen LogP contribution in [0.5, 0.6) is 0 Å². The van der Waals surface area contributed by atoms with Gasteiger partial charge in [0.25, 0.3) is 5.91 Å². The first-order valence-corrected chi connectivity index (χ1v) is 7.22. The smallest absolute Gasteiger partial charge is 0.274 e. The van der Waals surface area contributed by atoms with Crippen molar-refractivity contribution in [1.29, 1.82) is 0 Å². The molecule has 0 unspecified atom stereocenters. The van der Waals surface area contributed by atoms with E-state index < -0.39 is 0 Å². The lowest BCUT2D eigenvalue weighted by Crippen LogP contribution is -2.28. The molecule has 2 aromatic rings. The number of rotatable bonds is 6. The summed E-state index contributed by atoms with van der Waals surface area (Å²) in [4.78, 5) is 13.8. The first kappa shape index (κ1) is 15.9. The molecule has 0 aliphatic rings. The zero-order valence-electron chi connectivity index (χ0n) is 12.7. The fourth-order valence-electron chi connectivity index (χ4n) is 1.92. The van der Waals surface area contributed by atoms with Crippen LogP contribution in [0.3, 0.4) is 0 Å². The lowest BCUT2D eigenvalue weighted by atomic mass is 10.3. The van der Waals surface area contributed by atoms with Crippen LogP contribution < -0.4 is 5.32 Å². The normalized spacial score (nSPS) is 10.3. The van der Waals surface area contributed by atoms with Gasteiger partial charge in [0.1, 0.15) is 5.82 Å². The lowest BCUT2D eigenvalue weighted by molar-refractivity contribution is 0.0786. The minimum atomic E-state index is -0.331. The molecule has 0 atom stereocenters. The average molecular weight is 302 g/mol. The number of carbonyl (C=O) groups excluding carboxylic acids is 1. The van der Waals surface area contributed by atoms with Gasteiger partial charge < -0.3 is 10.2 Å². The largest absolute Gasteiger partial charge is 0.340 e. The molecular formula is C16H19FN4O. The van der Waals surface area contributed by atoms with Crippen LogP contribution >= 0.6 is 0 Å². The van der Waals surface area contributed by atoms with Crippen LogP contribution in [0.4, 0.5) is 15.9 Å². The molecule has 2 rings (SSSR count). The zero-order chi connectivity index (χ0) is 15.9. The molecule has 1 amide bonds. The van der Waals surface area contributed by atoms with Gasteiger partial charge in [0.05, 0.1) is 0 Å². The van der Waals surface area contributed by atoms with Crippen molar-refractivity contribution in [2.75, 3.05) is 18.9 Å². The third-order valence-corrected chi connectivity index (χ3v) is 3.17. The fraction of sp³-hybridized carbons (Fsp3) is 0.312. The number of hydrogen-bond acceptors (Lipinski definition) is 4. The number of hydrogen-bond donors (Lipinski definition) is 1. The average Bonchev–Trinajstić information content (AvgIpc) is 2.52. The van der Waals surface area contributed by atoms with Crippen LogP contribution in [0.2, 0.25) is 0 Å². The Morgan fingerprint density at radius 3 is 2.73 bits per heavy atom. The van der Waals surface area contributed by atoms with Crippen LogP contribution in [0.1, 0.15) is 30.3 Å². The van der Waals surface area contributed by atoms with E-state index in [0.29, 0.717) is 23.7 Å². The number of unbranched alkanes of at least 4 members (excludes halogenated alkanes) is 1. The summed E-state index contributed by atoms with van der Waals surface area (Å²) >= 11 is 0. The molecule has 1 aromatic carbocycles. The van der Waals surface area contributed by atoms with Gasteiger partial charge in [0.2, 0.25) is 0 Å². The molecule has 5 nitrogen and oxygen atoms in total. The minimum Gasteiger partial charge on any atom is -0.340 e. The highest BCUT2D eigenvalue weighted by atomic mass is 19.1. The van der Waals surface area contributed by atoms with Gasteiger partial charge in [-0.05, 0) is 36.8 Å². The number of nitrogens with one attached hydrogen (secondary N) is 1. The summed E-state index contributed by atoms with van der Waals surface area (Å²) in [5.74, 6) is -0.0288. The van der Waals surface area contributed by atoms with Gasteiger partial charge in [0, 0.05) is 19.3 Å². The minimum absolute atomic E-state index is 0.154. The molecule has 1 N–H and O–H groups in total. The highest BCUT2D eigenvalue weighted by molar-refractivity contribution is 5.92. The number of amides is 1. The van der Waals surface area contributed by atoms with Gasteiger partial charge in [-0.1, -0.05) is 19.4 Å². The molecule has 0 saturated carbocycles. The van der Waals surface area contributed by atoms with Crippen molar-refractivity contribution < 1.29 is 9.18 Å². The Morgan fingerprint density at radius 2 is 2.09 bits per heavy atom. The van der Waals surface area contributed by atoms with Crippen LogP contribution in [-0.4, -0.2) is 34.6 Å². The first-order chi connectivity index (χ1) is 10.6. The summed E-state index contributed by atoms with van der Waals surface area (Å²) in [5.41, 5.74) is 0.872. The van der Waals surface area contributed by atoms with E-state index in [1.165, 1.54) is 12.1 Å². The van der Waals surface area contributed by atoms with Gasteiger partial charge in [-0.25, -0.2) is 4.39 Å². The summed E-state index contributed by atoms with van der Waals surface area (Å²) in [6.07, 6.45) is 1.98. The van der Waals surface area contributed by atoms with E-state index in [0.717, 1.165) is 12.8 Å². The molecular weight excluding hydrogens is 283 g/mol. The summed E-state index contributed by atoms with van der Waals surface area (Å²) in [6.45, 7) is 2.77. The summed E-state index contributed by atoms with van der Waals surface area (Å²) in [7, 11) is 1.75. The van der Waals surface area contributed by atoms with Crippen LogP contribution in [-0.2, 0) is 0 Å². The van der Waals surface area contributed by atoms with E-state index in [9.17, 15) is 9.18 Å². The molecule has 0 radical (unpaired) electrons. The SMILES string of the molecule is CCCCN(C)C(=O)c1ccc(Nc2cccc(F)c2)nn1. The Bertz CT molecular complexity index is 630. The van der Waals surface area contributed by atoms with Gasteiger partial charge in [-0.3, -0.25) is 4.79 Å². The number of carbonyl (C=O) groups is 1. The Morgan fingerprint density at radius 1 is 1.27 bits per heavy atom. The lowest BCUT2D eigenvalue weighted by Gasteiger charge is -2.15. The Kier molecular flexibility index (Phi) is 5.41. The van der Waals surface area contributed by atoms with Crippen LogP contribution in [0.25, 0.3) is 0 Å². The van der Waals surface area contributed by atoms with Crippen molar-refractivity contribution in [2.24, 2.45) is 0 Å². The van der Waals surface area contributed by atoms with E-state index >= 15 is 0 Å². The van der Waals surface area contributed by atoms with Crippen molar-refractivity contribution in [3.8, 4) is 0 Å². The molecule has 1 aromatic heterocycles. The summed E-state index contributed by atoms with van der Waals surface area (Å²) in [6, 6.07) is 9.32. The predicted molar refractivity (Wildman–Crippen MR) is 83.6 cm³/mol. The summed E-state index contributed by atoms with van der Waals surface area (Å²) in [5, 5.41) is 10.8. The molecule has 0 fully saturated rings. The summed E-state index contributed by atoms with van der Waals surface area (Å²) < 4.78 is 13.1. The third-order valence-electron chi connectivity index (χ3n) is 3.17. The molecule has 0 saturated heterocycles. The van der Waals surface area contributed by atoms with Gasteiger partial charge >= 0.3 is 0 Å². The molecule has 0 aliphatic heterocycles. The van der Waals surface area contributed by atoms with Crippen LogP contribution in [0.15, 0.2) is 36.4 Å². The molecule has 0 aliphatic carbocycles. The highest BCUT2D eigenvalue weighted by Crippen LogP contribution is 2.15. The molecule has 22 heavy (non-hydrogen) atoms. The number of nitrogens with zero attached hydrogens (tertiary/aromatic N) is 3. The van der Waals surface area contributed by atoms with Gasteiger partial charge in [0.15, 0.2) is 11.5 Å². The molecule has 6 heteroatoms. The number of aromatic nitrogens is 2. The van der Waals surface area contributed by atoms with Crippen molar-refractivity contribution in [3.63, 3.8) is 0 Å². The maximum atomic E-state index is 13.1. The zero-order valence-corrected chi connectivity index (χ0v) is 12.7. The van der Waals surface area contributed by atoms with E-state index in [1.807, 2.05) is 0 Å². The number of benzene rings is 1. The number of halogens is 1. The standard InChI is InChI=1S/C16H19FN4O/c1-3-4-10-21(2)16(22)14-8-9-15(20-19-14)18-13-7-5-6-12(17)11-13/h5-9,11H,3-4,10H2,1-2H3,(H,18,20). The molecule has 1 heterocycles. The monoisotopic (exact) mass is 302 g/mol. The maximum absolute atomic E-state index is 13.1. The number of anilines is 2. The van der Waals surface area contributed by atoms with Gasteiger partial charge in [-0.2, -0.15) is 0 Å². The van der Waals surface area contributed by atoms with Crippen LogP contribution in [0, 0.1) is 5.82 Å². The maximum Gasteiger partial charge on any atom is 0.274 e. The molecule has 116 valence electrons. The van der Waals surface area contributed by atoms with Crippen molar-refractivity contribution in [2.45, 2.75) is 19.8 Å². The highest BCUT2D eigenvalue weighted by Gasteiger charge is 2.13.